The van der Waals surface area contributed by atoms with Crippen molar-refractivity contribution in [3.8, 4) is 27.9 Å². The molecule has 0 N–H and O–H groups in total. The summed E-state index contributed by atoms with van der Waals surface area (Å²) in [6, 6.07) is 59.0. The average molecular weight is 619 g/mol. The first-order chi connectivity index (χ1) is 23.3. The summed E-state index contributed by atoms with van der Waals surface area (Å²) in [6.45, 7) is 0.682. The van der Waals surface area contributed by atoms with Crippen molar-refractivity contribution in [1.82, 2.24) is 4.57 Å². The first kappa shape index (κ1) is 27.5. The number of thiophene rings is 1. The molecule has 0 spiro atoms. The van der Waals surface area contributed by atoms with E-state index in [9.17, 15) is 0 Å². The lowest BCUT2D eigenvalue weighted by Crippen LogP contribution is -1.94. The fraction of sp³-hybridized carbons (Fsp3) is 0.0227. The normalized spacial score (nSPS) is 11.8. The number of hydrogen-bond donors (Lipinski definition) is 0. The van der Waals surface area contributed by atoms with Gasteiger partial charge in [0, 0.05) is 42.8 Å². The summed E-state index contributed by atoms with van der Waals surface area (Å²) >= 11 is 1.91. The molecular formula is C44H30N2S. The smallest absolute Gasteiger partial charge is 0.0639 e. The van der Waals surface area contributed by atoms with Crippen LogP contribution < -0.4 is 0 Å². The highest BCUT2D eigenvalue weighted by molar-refractivity contribution is 7.26. The maximum absolute atomic E-state index is 4.67. The van der Waals surface area contributed by atoms with Crippen LogP contribution in [0.1, 0.15) is 11.1 Å². The van der Waals surface area contributed by atoms with Crippen molar-refractivity contribution in [2.75, 3.05) is 0 Å². The number of rotatable bonds is 6. The molecule has 0 saturated heterocycles. The van der Waals surface area contributed by atoms with Crippen molar-refractivity contribution in [3.05, 3.63) is 175 Å². The number of para-hydroxylation sites is 1. The van der Waals surface area contributed by atoms with Gasteiger partial charge < -0.3 is 4.57 Å². The SMILES string of the molecule is C(=NCc1ccccc1)c1ccc(-n2c3ccccc3c3cc(-c4cccc5c4sc4c(-c6ccccc6)cccc45)ccc32)cc1. The molecule has 0 radical (unpaired) electrons. The Labute approximate surface area is 277 Å². The molecule has 9 aromatic rings. The van der Waals surface area contributed by atoms with E-state index in [1.807, 2.05) is 23.6 Å². The van der Waals surface area contributed by atoms with Crippen LogP contribution >= 0.6 is 11.3 Å². The van der Waals surface area contributed by atoms with Crippen LogP contribution in [0.2, 0.25) is 0 Å². The predicted molar refractivity (Wildman–Crippen MR) is 202 cm³/mol. The van der Waals surface area contributed by atoms with Crippen LogP contribution in [0.4, 0.5) is 0 Å². The van der Waals surface area contributed by atoms with Gasteiger partial charge in [-0.15, -0.1) is 11.3 Å². The first-order valence-electron chi connectivity index (χ1n) is 16.0. The minimum absolute atomic E-state index is 0.682. The average Bonchev–Trinajstić information content (AvgIpc) is 3.69. The van der Waals surface area contributed by atoms with Crippen LogP contribution in [0.5, 0.6) is 0 Å². The first-order valence-corrected chi connectivity index (χ1v) is 16.8. The van der Waals surface area contributed by atoms with Crippen molar-refractivity contribution >= 4 is 59.5 Å². The molecule has 0 amide bonds. The van der Waals surface area contributed by atoms with Crippen molar-refractivity contribution in [1.29, 1.82) is 0 Å². The second kappa shape index (κ2) is 11.5. The number of fused-ring (bicyclic) bond motifs is 6. The molecular weight excluding hydrogens is 589 g/mol. The largest absolute Gasteiger partial charge is 0.309 e. The minimum atomic E-state index is 0.682. The fourth-order valence-electron chi connectivity index (χ4n) is 6.86. The Hall–Kier alpha value is -5.77. The summed E-state index contributed by atoms with van der Waals surface area (Å²) in [5.41, 5.74) is 10.9. The standard InChI is InChI=1S/C44H30N2S/c1-3-11-30(12-4-1)28-45-29-31-21-24-34(25-22-31)46-41-20-8-7-15-37(41)40-27-33(23-26-42(40)46)36-17-10-19-39-38-18-9-16-35(43(38)47-44(36)39)32-13-5-2-6-14-32/h1-27,29H,28H2. The molecule has 7 aromatic carbocycles. The maximum Gasteiger partial charge on any atom is 0.0639 e. The van der Waals surface area contributed by atoms with E-state index in [0.29, 0.717) is 6.54 Å². The molecule has 9 rings (SSSR count). The van der Waals surface area contributed by atoms with Crippen LogP contribution in [0, 0.1) is 0 Å². The molecule has 0 aliphatic rings. The predicted octanol–water partition coefficient (Wildman–Crippen LogP) is 12.1. The highest BCUT2D eigenvalue weighted by atomic mass is 32.1. The molecule has 0 atom stereocenters. The lowest BCUT2D eigenvalue weighted by Gasteiger charge is -2.09. The van der Waals surface area contributed by atoms with Gasteiger partial charge in [-0.25, -0.2) is 0 Å². The summed E-state index contributed by atoms with van der Waals surface area (Å²) in [5, 5.41) is 5.15. The zero-order valence-electron chi connectivity index (χ0n) is 25.7. The Morgan fingerprint density at radius 2 is 1.11 bits per heavy atom. The Bertz CT molecular complexity index is 2570. The highest BCUT2D eigenvalue weighted by Crippen LogP contribution is 2.44. The van der Waals surface area contributed by atoms with Crippen molar-refractivity contribution in [2.24, 2.45) is 4.99 Å². The van der Waals surface area contributed by atoms with E-state index >= 15 is 0 Å². The number of aliphatic imine (C=N–C) groups is 1. The molecule has 0 fully saturated rings. The van der Waals surface area contributed by atoms with E-state index < -0.39 is 0 Å². The second-order valence-corrected chi connectivity index (χ2v) is 13.0. The Balaban J connectivity index is 1.13. The molecule has 0 saturated carbocycles. The van der Waals surface area contributed by atoms with Gasteiger partial charge in [-0.2, -0.15) is 0 Å². The fourth-order valence-corrected chi connectivity index (χ4v) is 8.23. The van der Waals surface area contributed by atoms with Gasteiger partial charge in [0.2, 0.25) is 0 Å². The summed E-state index contributed by atoms with van der Waals surface area (Å²) in [4.78, 5) is 4.67. The van der Waals surface area contributed by atoms with Crippen molar-refractivity contribution in [2.45, 2.75) is 6.54 Å². The van der Waals surface area contributed by atoms with Crippen molar-refractivity contribution in [3.63, 3.8) is 0 Å². The van der Waals surface area contributed by atoms with E-state index in [0.717, 1.165) is 11.3 Å². The van der Waals surface area contributed by atoms with Gasteiger partial charge in [0.25, 0.3) is 0 Å². The van der Waals surface area contributed by atoms with Gasteiger partial charge in [0.15, 0.2) is 0 Å². The van der Waals surface area contributed by atoms with Gasteiger partial charge in [0.1, 0.15) is 0 Å². The van der Waals surface area contributed by atoms with E-state index in [2.05, 4.69) is 167 Å². The topological polar surface area (TPSA) is 17.3 Å². The Kier molecular flexibility index (Phi) is 6.76. The summed E-state index contributed by atoms with van der Waals surface area (Å²) in [6.07, 6.45) is 1.96. The monoisotopic (exact) mass is 618 g/mol. The zero-order chi connectivity index (χ0) is 31.2. The lowest BCUT2D eigenvalue weighted by molar-refractivity contribution is 1.08. The summed E-state index contributed by atoms with van der Waals surface area (Å²) in [5.74, 6) is 0. The third-order valence-corrected chi connectivity index (χ3v) is 10.4. The molecule has 0 aliphatic carbocycles. The third-order valence-electron chi connectivity index (χ3n) is 9.10. The van der Waals surface area contributed by atoms with Gasteiger partial charge in [-0.05, 0) is 63.7 Å². The minimum Gasteiger partial charge on any atom is -0.309 e. The Morgan fingerprint density at radius 1 is 0.489 bits per heavy atom. The van der Waals surface area contributed by atoms with Crippen LogP contribution in [0.25, 0.3) is 69.9 Å². The zero-order valence-corrected chi connectivity index (χ0v) is 26.5. The van der Waals surface area contributed by atoms with Gasteiger partial charge >= 0.3 is 0 Å². The van der Waals surface area contributed by atoms with E-state index in [-0.39, 0.29) is 0 Å². The lowest BCUT2D eigenvalue weighted by atomic mass is 9.99. The quantitative estimate of drug-likeness (QED) is 0.165. The van der Waals surface area contributed by atoms with Crippen LogP contribution in [-0.4, -0.2) is 10.8 Å². The summed E-state index contributed by atoms with van der Waals surface area (Å²) < 4.78 is 5.05. The molecule has 0 bridgehead atoms. The molecule has 2 heterocycles. The van der Waals surface area contributed by atoms with Crippen LogP contribution in [0.15, 0.2) is 169 Å². The van der Waals surface area contributed by atoms with E-state index in [4.69, 9.17) is 0 Å². The number of nitrogens with zero attached hydrogens (tertiary/aromatic N) is 2. The number of benzene rings is 7. The number of hydrogen-bond acceptors (Lipinski definition) is 2. The van der Waals surface area contributed by atoms with Crippen LogP contribution in [-0.2, 0) is 6.54 Å². The van der Waals surface area contributed by atoms with Gasteiger partial charge in [0.05, 0.1) is 17.6 Å². The van der Waals surface area contributed by atoms with E-state index in [1.165, 1.54) is 69.8 Å². The van der Waals surface area contributed by atoms with Gasteiger partial charge in [-0.1, -0.05) is 133 Å². The van der Waals surface area contributed by atoms with Crippen LogP contribution in [0.3, 0.4) is 0 Å². The molecule has 2 nitrogen and oxygen atoms in total. The van der Waals surface area contributed by atoms with E-state index in [1.54, 1.807) is 0 Å². The molecule has 2 aromatic heterocycles. The molecule has 0 unspecified atom stereocenters. The maximum atomic E-state index is 4.67. The van der Waals surface area contributed by atoms with Crippen molar-refractivity contribution < 1.29 is 0 Å². The third kappa shape index (κ3) is 4.84. The van der Waals surface area contributed by atoms with Gasteiger partial charge in [-0.3, -0.25) is 4.99 Å². The molecule has 222 valence electrons. The second-order valence-electron chi connectivity index (χ2n) is 12.0. The highest BCUT2D eigenvalue weighted by Gasteiger charge is 2.16. The molecule has 0 aliphatic heterocycles. The number of aromatic nitrogens is 1. The summed E-state index contributed by atoms with van der Waals surface area (Å²) in [7, 11) is 0. The molecule has 47 heavy (non-hydrogen) atoms. The molecule has 3 heteroatoms. The Morgan fingerprint density at radius 3 is 1.85 bits per heavy atom.